The molecule has 0 atom stereocenters. The molecule has 1 heterocycles. The molecule has 8 heteroatoms. The summed E-state index contributed by atoms with van der Waals surface area (Å²) >= 11 is 0. The lowest BCUT2D eigenvalue weighted by molar-refractivity contribution is -0.117. The highest BCUT2D eigenvalue weighted by atomic mass is 16.2. The van der Waals surface area contributed by atoms with Crippen molar-refractivity contribution >= 4 is 35.1 Å². The van der Waals surface area contributed by atoms with Crippen LogP contribution in [0.1, 0.15) is 25.2 Å². The molecule has 1 aromatic heterocycles. The number of aliphatic imine (C=N–C) groups is 1. The van der Waals surface area contributed by atoms with Gasteiger partial charge in [0, 0.05) is 36.6 Å². The third-order valence-corrected chi connectivity index (χ3v) is 2.94. The Balaban J connectivity index is 2.23. The summed E-state index contributed by atoms with van der Waals surface area (Å²) in [4.78, 5) is 35.2. The predicted molar refractivity (Wildman–Crippen MR) is 96.8 cm³/mol. The van der Waals surface area contributed by atoms with Gasteiger partial charge in [0.2, 0.25) is 17.8 Å². The lowest BCUT2D eigenvalue weighted by Gasteiger charge is -2.11. The van der Waals surface area contributed by atoms with Crippen LogP contribution in [0.5, 0.6) is 0 Å². The molecule has 25 heavy (non-hydrogen) atoms. The van der Waals surface area contributed by atoms with Crippen molar-refractivity contribution in [1.29, 1.82) is 0 Å². The van der Waals surface area contributed by atoms with Crippen molar-refractivity contribution in [2.75, 3.05) is 10.6 Å². The summed E-state index contributed by atoms with van der Waals surface area (Å²) in [7, 11) is 0. The fraction of sp³-hybridized carbons (Fsp3) is 0.235. The molecule has 0 aliphatic carbocycles. The Morgan fingerprint density at radius 3 is 1.88 bits per heavy atom. The fourth-order valence-corrected chi connectivity index (χ4v) is 2.09. The Kier molecular flexibility index (Phi) is 5.78. The highest BCUT2D eigenvalue weighted by Gasteiger charge is 2.06. The van der Waals surface area contributed by atoms with Crippen molar-refractivity contribution in [2.24, 2.45) is 4.99 Å². The molecule has 0 saturated carbocycles. The van der Waals surface area contributed by atoms with Crippen LogP contribution in [0.2, 0.25) is 0 Å². The molecule has 0 radical (unpaired) electrons. The molecule has 2 aromatic rings. The van der Waals surface area contributed by atoms with Gasteiger partial charge in [0.25, 0.3) is 5.95 Å². The predicted octanol–water partition coefficient (Wildman–Crippen LogP) is 2.29. The lowest BCUT2D eigenvalue weighted by Crippen LogP contribution is -2.34. The van der Waals surface area contributed by atoms with Crippen LogP contribution in [0.3, 0.4) is 0 Å². The normalized spacial score (nSPS) is 11.0. The summed E-state index contributed by atoms with van der Waals surface area (Å²) in [6.45, 7) is 6.52. The highest BCUT2D eigenvalue weighted by Crippen LogP contribution is 2.14. The van der Waals surface area contributed by atoms with Crippen LogP contribution in [-0.4, -0.2) is 27.7 Å². The molecule has 2 amide bonds. The van der Waals surface area contributed by atoms with E-state index in [1.54, 1.807) is 24.3 Å². The van der Waals surface area contributed by atoms with Gasteiger partial charge in [-0.05, 0) is 44.2 Å². The van der Waals surface area contributed by atoms with Gasteiger partial charge in [0.05, 0.1) is 0 Å². The second-order valence-corrected chi connectivity index (χ2v) is 5.48. The van der Waals surface area contributed by atoms with Gasteiger partial charge in [-0.3, -0.25) is 14.9 Å². The molecule has 0 fully saturated rings. The van der Waals surface area contributed by atoms with Crippen molar-refractivity contribution in [3.05, 3.63) is 41.7 Å². The number of anilines is 2. The summed E-state index contributed by atoms with van der Waals surface area (Å²) in [5.74, 6) is 0.0482. The minimum Gasteiger partial charge on any atom is -0.326 e. The summed E-state index contributed by atoms with van der Waals surface area (Å²) in [6, 6.07) is 8.83. The topological polar surface area (TPSA) is 108 Å². The quantitative estimate of drug-likeness (QED) is 0.587. The van der Waals surface area contributed by atoms with Crippen LogP contribution in [0.25, 0.3) is 0 Å². The molecule has 3 N–H and O–H groups in total. The van der Waals surface area contributed by atoms with E-state index in [9.17, 15) is 9.59 Å². The molecule has 2 rings (SSSR count). The van der Waals surface area contributed by atoms with Gasteiger partial charge < -0.3 is 10.6 Å². The number of nitrogens with one attached hydrogen (secondary N) is 3. The second-order valence-electron chi connectivity index (χ2n) is 5.48. The number of aromatic nitrogens is 2. The zero-order valence-corrected chi connectivity index (χ0v) is 14.5. The molecule has 0 saturated heterocycles. The van der Waals surface area contributed by atoms with Crippen LogP contribution >= 0.6 is 0 Å². The Bertz CT molecular complexity index is 794. The number of carbonyl (C=O) groups is 2. The van der Waals surface area contributed by atoms with Crippen molar-refractivity contribution in [3.8, 4) is 0 Å². The summed E-state index contributed by atoms with van der Waals surface area (Å²) < 4.78 is 0. The molecule has 0 aliphatic heterocycles. The fourth-order valence-electron chi connectivity index (χ4n) is 2.09. The van der Waals surface area contributed by atoms with Crippen molar-refractivity contribution < 1.29 is 9.59 Å². The molecule has 0 aliphatic rings. The molecule has 0 bridgehead atoms. The number of hydrogen-bond donors (Lipinski definition) is 3. The highest BCUT2D eigenvalue weighted by molar-refractivity contribution is 6.04. The summed E-state index contributed by atoms with van der Waals surface area (Å²) in [5.41, 5.74) is 2.93. The molecule has 1 aromatic carbocycles. The molecule has 0 unspecified atom stereocenters. The minimum atomic E-state index is -0.273. The number of rotatable bonds is 3. The maximum atomic E-state index is 11.4. The van der Waals surface area contributed by atoms with E-state index >= 15 is 0 Å². The Labute approximate surface area is 145 Å². The Hall–Kier alpha value is -3.29. The van der Waals surface area contributed by atoms with Crippen LogP contribution in [-0.2, 0) is 9.59 Å². The van der Waals surface area contributed by atoms with E-state index in [2.05, 4.69) is 30.9 Å². The number of nitrogens with zero attached hydrogens (tertiary/aromatic N) is 3. The maximum Gasteiger partial charge on any atom is 0.253 e. The van der Waals surface area contributed by atoms with E-state index in [1.807, 2.05) is 19.9 Å². The van der Waals surface area contributed by atoms with Crippen LogP contribution in [0.15, 0.2) is 35.3 Å². The molecular formula is C17H20N6O2. The first-order valence-corrected chi connectivity index (χ1v) is 7.65. The largest absolute Gasteiger partial charge is 0.326 e. The number of aryl methyl sites for hydroxylation is 2. The average Bonchev–Trinajstić information content (AvgIpc) is 2.47. The Morgan fingerprint density at radius 1 is 0.880 bits per heavy atom. The summed E-state index contributed by atoms with van der Waals surface area (Å²) in [6.07, 6.45) is 0. The SMILES string of the molecule is CC(=O)N/C(=N\c1nc(C)cc(C)n1)Nc1ccc(NC(C)=O)cc1. The van der Waals surface area contributed by atoms with Crippen molar-refractivity contribution in [1.82, 2.24) is 15.3 Å². The minimum absolute atomic E-state index is 0.145. The zero-order chi connectivity index (χ0) is 18.4. The molecule has 8 nitrogen and oxygen atoms in total. The van der Waals surface area contributed by atoms with Gasteiger partial charge in [0.1, 0.15) is 0 Å². The van der Waals surface area contributed by atoms with Crippen LogP contribution in [0.4, 0.5) is 17.3 Å². The van der Waals surface area contributed by atoms with Crippen LogP contribution < -0.4 is 16.0 Å². The van der Waals surface area contributed by atoms with E-state index < -0.39 is 0 Å². The van der Waals surface area contributed by atoms with Crippen molar-refractivity contribution in [3.63, 3.8) is 0 Å². The average molecular weight is 340 g/mol. The number of benzene rings is 1. The third-order valence-electron chi connectivity index (χ3n) is 2.94. The number of guanidine groups is 1. The molecule has 0 spiro atoms. The smallest absolute Gasteiger partial charge is 0.253 e. The van der Waals surface area contributed by atoms with E-state index in [1.165, 1.54) is 13.8 Å². The zero-order valence-electron chi connectivity index (χ0n) is 14.5. The first-order chi connectivity index (χ1) is 11.8. The van der Waals surface area contributed by atoms with E-state index in [4.69, 9.17) is 0 Å². The lowest BCUT2D eigenvalue weighted by atomic mass is 10.3. The first-order valence-electron chi connectivity index (χ1n) is 7.65. The number of carbonyl (C=O) groups excluding carboxylic acids is 2. The van der Waals surface area contributed by atoms with Crippen LogP contribution in [0, 0.1) is 13.8 Å². The van der Waals surface area contributed by atoms with Gasteiger partial charge in [-0.15, -0.1) is 0 Å². The molecule has 130 valence electrons. The number of amides is 2. The first kappa shape index (κ1) is 18.1. The standard InChI is InChI=1S/C17H20N6O2/c1-10-9-11(2)19-16(18-10)23-17(21-13(4)25)22-15-7-5-14(6-8-15)20-12(3)24/h5-9H,1-4H3,(H,20,24)(H2,18,19,21,22,23,25). The van der Waals surface area contributed by atoms with E-state index in [-0.39, 0.29) is 23.7 Å². The van der Waals surface area contributed by atoms with E-state index in [0.29, 0.717) is 11.4 Å². The molecular weight excluding hydrogens is 320 g/mol. The van der Waals surface area contributed by atoms with Gasteiger partial charge >= 0.3 is 0 Å². The van der Waals surface area contributed by atoms with Gasteiger partial charge in [0.15, 0.2) is 0 Å². The van der Waals surface area contributed by atoms with E-state index in [0.717, 1.165) is 11.4 Å². The monoisotopic (exact) mass is 340 g/mol. The Morgan fingerprint density at radius 2 is 1.40 bits per heavy atom. The number of hydrogen-bond acceptors (Lipinski definition) is 5. The van der Waals surface area contributed by atoms with Gasteiger partial charge in [-0.1, -0.05) is 0 Å². The van der Waals surface area contributed by atoms with Gasteiger partial charge in [-0.2, -0.15) is 4.99 Å². The van der Waals surface area contributed by atoms with Gasteiger partial charge in [-0.25, -0.2) is 9.97 Å². The maximum absolute atomic E-state index is 11.4. The van der Waals surface area contributed by atoms with Crippen molar-refractivity contribution in [2.45, 2.75) is 27.7 Å². The second kappa shape index (κ2) is 8.00. The third kappa shape index (κ3) is 6.02. The summed E-state index contributed by atoms with van der Waals surface area (Å²) in [5, 5.41) is 8.30.